The Kier molecular flexibility index (Phi) is 11.6. The average Bonchev–Trinajstić information content (AvgIpc) is 2.74. The van der Waals surface area contributed by atoms with E-state index in [9.17, 15) is 4.39 Å². The molecule has 2 rings (SSSR count). The van der Waals surface area contributed by atoms with Gasteiger partial charge in [-0.3, -0.25) is 4.98 Å². The van der Waals surface area contributed by atoms with Crippen molar-refractivity contribution >= 4 is 0 Å². The first-order chi connectivity index (χ1) is 15.0. The highest BCUT2D eigenvalue weighted by molar-refractivity contribution is 5.60. The minimum absolute atomic E-state index is 0.312. The van der Waals surface area contributed by atoms with Crippen LogP contribution in [0.4, 0.5) is 4.39 Å². The Morgan fingerprint density at radius 3 is 2.35 bits per heavy atom. The van der Waals surface area contributed by atoms with E-state index in [-0.39, 0.29) is 5.82 Å². The Balaban J connectivity index is 1.81. The lowest BCUT2D eigenvalue weighted by atomic mass is 9.94. The molecule has 31 heavy (non-hydrogen) atoms. The highest BCUT2D eigenvalue weighted by Crippen LogP contribution is 2.25. The first-order valence-electron chi connectivity index (χ1n) is 12.4. The van der Waals surface area contributed by atoms with Crippen LogP contribution >= 0.6 is 0 Å². The van der Waals surface area contributed by atoms with Crippen LogP contribution in [-0.4, -0.2) is 11.6 Å². The molecule has 2 aromatic rings. The van der Waals surface area contributed by atoms with E-state index < -0.39 is 0 Å². The van der Waals surface area contributed by atoms with E-state index in [2.05, 4.69) is 38.7 Å². The van der Waals surface area contributed by atoms with E-state index in [1.165, 1.54) is 56.6 Å². The maximum atomic E-state index is 14.5. The van der Waals surface area contributed by atoms with Crippen LogP contribution in [0.25, 0.3) is 11.3 Å². The average molecular weight is 428 g/mol. The molecule has 0 amide bonds. The minimum atomic E-state index is -0.312. The smallest absolute Gasteiger partial charge is 0.165 e. The van der Waals surface area contributed by atoms with Crippen molar-refractivity contribution in [2.24, 2.45) is 11.8 Å². The predicted octanol–water partition coefficient (Wildman–Crippen LogP) is 8.63. The number of hydrogen-bond donors (Lipinski definition) is 0. The SMILES string of the molecule is CCCCCCCCOc1ccc(-c2ccc(CC(C)CCCC(C)C)cn2)cc1F. The van der Waals surface area contributed by atoms with Crippen molar-refractivity contribution in [3.63, 3.8) is 0 Å². The molecule has 0 spiro atoms. The van der Waals surface area contributed by atoms with Gasteiger partial charge >= 0.3 is 0 Å². The zero-order valence-corrected chi connectivity index (χ0v) is 20.1. The van der Waals surface area contributed by atoms with Gasteiger partial charge in [0.15, 0.2) is 11.6 Å². The van der Waals surface area contributed by atoms with E-state index in [1.807, 2.05) is 18.3 Å². The van der Waals surface area contributed by atoms with E-state index in [0.717, 1.165) is 36.4 Å². The number of ether oxygens (including phenoxy) is 1. The molecule has 0 aliphatic carbocycles. The number of unbranched alkanes of at least 4 members (excludes halogenated alkanes) is 5. The summed E-state index contributed by atoms with van der Waals surface area (Å²) in [4.78, 5) is 4.58. The second-order valence-corrected chi connectivity index (χ2v) is 9.45. The fraction of sp³-hybridized carbons (Fsp3) is 0.607. The van der Waals surface area contributed by atoms with Crippen molar-refractivity contribution in [1.82, 2.24) is 4.98 Å². The Morgan fingerprint density at radius 2 is 1.68 bits per heavy atom. The van der Waals surface area contributed by atoms with Crippen LogP contribution in [0.15, 0.2) is 36.5 Å². The summed E-state index contributed by atoms with van der Waals surface area (Å²) >= 11 is 0. The van der Waals surface area contributed by atoms with E-state index in [1.54, 1.807) is 6.07 Å². The molecule has 1 atom stereocenters. The molecule has 1 aromatic heterocycles. The number of pyridine rings is 1. The molecule has 1 unspecified atom stereocenters. The lowest BCUT2D eigenvalue weighted by molar-refractivity contribution is 0.290. The number of halogens is 1. The van der Waals surface area contributed by atoms with Crippen LogP contribution in [-0.2, 0) is 6.42 Å². The number of rotatable bonds is 15. The molecular formula is C28H42FNO. The summed E-state index contributed by atoms with van der Waals surface area (Å²) in [5.74, 6) is 1.46. The largest absolute Gasteiger partial charge is 0.491 e. The summed E-state index contributed by atoms with van der Waals surface area (Å²) in [6.45, 7) is 9.67. The van der Waals surface area contributed by atoms with Crippen molar-refractivity contribution < 1.29 is 9.13 Å². The van der Waals surface area contributed by atoms with E-state index in [4.69, 9.17) is 4.74 Å². The van der Waals surface area contributed by atoms with Crippen LogP contribution in [0, 0.1) is 17.7 Å². The van der Waals surface area contributed by atoms with Gasteiger partial charge in [-0.1, -0.05) is 85.1 Å². The second kappa shape index (κ2) is 14.2. The molecule has 3 heteroatoms. The molecule has 0 aliphatic rings. The Hall–Kier alpha value is -1.90. The van der Waals surface area contributed by atoms with Gasteiger partial charge in [0.1, 0.15) is 0 Å². The van der Waals surface area contributed by atoms with Gasteiger partial charge < -0.3 is 4.74 Å². The van der Waals surface area contributed by atoms with E-state index in [0.29, 0.717) is 18.3 Å². The van der Waals surface area contributed by atoms with Gasteiger partial charge in [0.2, 0.25) is 0 Å². The molecular weight excluding hydrogens is 385 g/mol. The van der Waals surface area contributed by atoms with Gasteiger partial charge in [0, 0.05) is 11.8 Å². The number of aromatic nitrogens is 1. The molecule has 1 aromatic carbocycles. The van der Waals surface area contributed by atoms with Crippen LogP contribution < -0.4 is 4.74 Å². The van der Waals surface area contributed by atoms with Gasteiger partial charge in [-0.25, -0.2) is 4.39 Å². The summed E-state index contributed by atoms with van der Waals surface area (Å²) < 4.78 is 20.1. The molecule has 2 nitrogen and oxygen atoms in total. The highest BCUT2D eigenvalue weighted by atomic mass is 19.1. The maximum absolute atomic E-state index is 14.5. The molecule has 0 aliphatic heterocycles. The maximum Gasteiger partial charge on any atom is 0.165 e. The van der Waals surface area contributed by atoms with E-state index >= 15 is 0 Å². The van der Waals surface area contributed by atoms with Gasteiger partial charge in [-0.15, -0.1) is 0 Å². The summed E-state index contributed by atoms with van der Waals surface area (Å²) in [5.41, 5.74) is 2.85. The van der Waals surface area contributed by atoms with Crippen molar-refractivity contribution in [1.29, 1.82) is 0 Å². The number of nitrogens with zero attached hydrogens (tertiary/aromatic N) is 1. The first kappa shape index (κ1) is 25.4. The third-order valence-electron chi connectivity index (χ3n) is 5.87. The Labute approximate surface area is 189 Å². The summed E-state index contributed by atoms with van der Waals surface area (Å²) in [6, 6.07) is 9.29. The standard InChI is InChI=1S/C28H42FNO/c1-5-6-7-8-9-10-18-31-28-17-15-25(20-26(28)29)27-16-14-24(21-30-27)19-23(4)13-11-12-22(2)3/h14-17,20-23H,5-13,18-19H2,1-4H3. The molecule has 0 radical (unpaired) electrons. The lowest BCUT2D eigenvalue weighted by Crippen LogP contribution is -2.02. The summed E-state index contributed by atoms with van der Waals surface area (Å²) in [6.07, 6.45) is 14.0. The van der Waals surface area contributed by atoms with Gasteiger partial charge in [-0.05, 0) is 54.5 Å². The number of hydrogen-bond acceptors (Lipinski definition) is 2. The second-order valence-electron chi connectivity index (χ2n) is 9.45. The number of benzene rings is 1. The van der Waals surface area contributed by atoms with Crippen molar-refractivity contribution in [3.8, 4) is 17.0 Å². The lowest BCUT2D eigenvalue weighted by Gasteiger charge is -2.13. The summed E-state index contributed by atoms with van der Waals surface area (Å²) in [7, 11) is 0. The molecule has 0 fully saturated rings. The van der Waals surface area contributed by atoms with Crippen molar-refractivity contribution in [3.05, 3.63) is 47.9 Å². The fourth-order valence-electron chi connectivity index (χ4n) is 3.94. The monoisotopic (exact) mass is 427 g/mol. The zero-order chi connectivity index (χ0) is 22.5. The van der Waals surface area contributed by atoms with Gasteiger partial charge in [0.05, 0.1) is 12.3 Å². The first-order valence-corrected chi connectivity index (χ1v) is 12.4. The van der Waals surface area contributed by atoms with Gasteiger partial charge in [-0.2, -0.15) is 0 Å². The van der Waals surface area contributed by atoms with Gasteiger partial charge in [0.25, 0.3) is 0 Å². The predicted molar refractivity (Wildman–Crippen MR) is 130 cm³/mol. The van der Waals surface area contributed by atoms with Crippen LogP contribution in [0.1, 0.15) is 91.0 Å². The minimum Gasteiger partial charge on any atom is -0.491 e. The van der Waals surface area contributed by atoms with Crippen molar-refractivity contribution in [2.45, 2.75) is 91.9 Å². The Morgan fingerprint density at radius 1 is 0.903 bits per heavy atom. The molecule has 0 saturated carbocycles. The molecule has 0 saturated heterocycles. The molecule has 172 valence electrons. The third-order valence-corrected chi connectivity index (χ3v) is 5.87. The molecule has 0 N–H and O–H groups in total. The molecule has 0 bridgehead atoms. The summed E-state index contributed by atoms with van der Waals surface area (Å²) in [5, 5.41) is 0. The highest BCUT2D eigenvalue weighted by Gasteiger charge is 2.09. The fourth-order valence-corrected chi connectivity index (χ4v) is 3.94. The normalized spacial score (nSPS) is 12.3. The topological polar surface area (TPSA) is 22.1 Å². The zero-order valence-electron chi connectivity index (χ0n) is 20.1. The Bertz CT molecular complexity index is 741. The van der Waals surface area contributed by atoms with Crippen LogP contribution in [0.5, 0.6) is 5.75 Å². The molecule has 1 heterocycles. The quantitative estimate of drug-likeness (QED) is 0.265. The van der Waals surface area contributed by atoms with Crippen LogP contribution in [0.3, 0.4) is 0 Å². The van der Waals surface area contributed by atoms with Crippen LogP contribution in [0.2, 0.25) is 0 Å². The third kappa shape index (κ3) is 9.84. The van der Waals surface area contributed by atoms with Crippen molar-refractivity contribution in [2.75, 3.05) is 6.61 Å².